The van der Waals surface area contributed by atoms with Gasteiger partial charge in [0.25, 0.3) is 0 Å². The lowest BCUT2D eigenvalue weighted by Crippen LogP contribution is -2.30. The molecule has 94 valence electrons. The fourth-order valence-corrected chi connectivity index (χ4v) is 4.05. The summed E-state index contributed by atoms with van der Waals surface area (Å²) in [4.78, 5) is 0. The van der Waals surface area contributed by atoms with Gasteiger partial charge in [-0.1, -0.05) is 6.42 Å². The first-order valence-corrected chi connectivity index (χ1v) is 6.84. The van der Waals surface area contributed by atoms with Crippen molar-refractivity contribution >= 4 is 11.6 Å². The average molecular weight is 255 g/mol. The quantitative estimate of drug-likeness (QED) is 0.641. The van der Waals surface area contributed by atoms with Gasteiger partial charge in [-0.2, -0.15) is 0 Å². The van der Waals surface area contributed by atoms with E-state index >= 15 is 0 Å². The Hall–Kier alpha value is -0.510. The van der Waals surface area contributed by atoms with Gasteiger partial charge in [-0.05, 0) is 61.1 Å². The second kappa shape index (κ2) is 4.63. The van der Waals surface area contributed by atoms with E-state index in [4.69, 9.17) is 21.9 Å². The van der Waals surface area contributed by atoms with Crippen LogP contribution in [0.25, 0.3) is 0 Å². The summed E-state index contributed by atoms with van der Waals surface area (Å²) >= 11 is 6.02. The van der Waals surface area contributed by atoms with Crippen molar-refractivity contribution in [1.29, 1.82) is 0 Å². The van der Waals surface area contributed by atoms with Crippen LogP contribution in [0.15, 0.2) is 16.7 Å². The van der Waals surface area contributed by atoms with Crippen LogP contribution in [0, 0.1) is 17.8 Å². The molecule has 0 spiro atoms. The predicted molar refractivity (Wildman–Crippen MR) is 67.3 cm³/mol. The predicted octanol–water partition coefficient (Wildman–Crippen LogP) is 3.26. The molecule has 3 rings (SSSR count). The van der Waals surface area contributed by atoms with Gasteiger partial charge in [0.15, 0.2) is 5.22 Å². The van der Waals surface area contributed by atoms with E-state index in [0.717, 1.165) is 29.7 Å². The summed E-state index contributed by atoms with van der Waals surface area (Å²) in [5.41, 5.74) is 3.88. The number of furan rings is 1. The van der Waals surface area contributed by atoms with Gasteiger partial charge < -0.3 is 4.42 Å². The van der Waals surface area contributed by atoms with Crippen LogP contribution < -0.4 is 11.3 Å². The maximum atomic E-state index is 6.02. The molecule has 0 aromatic carbocycles. The highest BCUT2D eigenvalue weighted by atomic mass is 35.5. The molecule has 2 bridgehead atoms. The van der Waals surface area contributed by atoms with E-state index in [0.29, 0.717) is 5.22 Å². The number of nitrogens with two attached hydrogens (primary N) is 1. The summed E-state index contributed by atoms with van der Waals surface area (Å²) < 4.78 is 5.14. The van der Waals surface area contributed by atoms with Crippen LogP contribution >= 0.6 is 11.6 Å². The molecule has 4 unspecified atom stereocenters. The molecule has 0 saturated heterocycles. The van der Waals surface area contributed by atoms with Crippen LogP contribution in [0.5, 0.6) is 0 Å². The molecule has 2 fully saturated rings. The minimum absolute atomic E-state index is 0.130. The average Bonchev–Trinajstić information content (AvgIpc) is 3.02. The Morgan fingerprint density at radius 2 is 2.35 bits per heavy atom. The van der Waals surface area contributed by atoms with Crippen molar-refractivity contribution in [2.45, 2.75) is 38.1 Å². The third-order valence-corrected chi connectivity index (χ3v) is 4.95. The molecule has 2 aliphatic carbocycles. The molecule has 4 atom stereocenters. The minimum Gasteiger partial charge on any atom is -0.453 e. The van der Waals surface area contributed by atoms with Crippen LogP contribution in [-0.4, -0.2) is 0 Å². The van der Waals surface area contributed by atoms with Gasteiger partial charge in [-0.25, -0.2) is 0 Å². The van der Waals surface area contributed by atoms with Gasteiger partial charge >= 0.3 is 0 Å². The molecule has 3 nitrogen and oxygen atoms in total. The lowest BCUT2D eigenvalue weighted by Gasteiger charge is -2.26. The fraction of sp³-hybridized carbons (Fsp3) is 0.692. The van der Waals surface area contributed by atoms with Crippen LogP contribution in [0.2, 0.25) is 5.22 Å². The normalized spacial score (nSPS) is 33.2. The zero-order valence-electron chi connectivity index (χ0n) is 9.86. The smallest absolute Gasteiger partial charge is 0.197 e. The first-order valence-electron chi connectivity index (χ1n) is 6.47. The first-order chi connectivity index (χ1) is 8.28. The number of halogens is 1. The molecule has 0 aliphatic heterocycles. The molecule has 1 heterocycles. The summed E-state index contributed by atoms with van der Waals surface area (Å²) in [7, 11) is 0. The first kappa shape index (κ1) is 11.6. The van der Waals surface area contributed by atoms with Crippen LogP contribution in [0.3, 0.4) is 0 Å². The highest BCUT2D eigenvalue weighted by Crippen LogP contribution is 2.51. The zero-order chi connectivity index (χ0) is 11.8. The molecule has 3 N–H and O–H groups in total. The summed E-state index contributed by atoms with van der Waals surface area (Å²) in [5.74, 6) is 8.36. The molecular formula is C13H19ClN2O. The maximum absolute atomic E-state index is 6.02. The Labute approximate surface area is 107 Å². The number of hydrazine groups is 1. The Morgan fingerprint density at radius 1 is 1.47 bits per heavy atom. The molecule has 0 amide bonds. The number of nitrogens with one attached hydrogen (secondary N) is 1. The highest BCUT2D eigenvalue weighted by molar-refractivity contribution is 6.29. The van der Waals surface area contributed by atoms with Gasteiger partial charge in [0.2, 0.25) is 0 Å². The van der Waals surface area contributed by atoms with E-state index in [2.05, 4.69) is 5.43 Å². The number of hydrogen-bond donors (Lipinski definition) is 2. The Balaban J connectivity index is 1.69. The topological polar surface area (TPSA) is 51.2 Å². The molecule has 1 aromatic heterocycles. The lowest BCUT2D eigenvalue weighted by molar-refractivity contribution is 0.279. The van der Waals surface area contributed by atoms with Crippen LogP contribution in [0.1, 0.15) is 43.7 Å². The summed E-state index contributed by atoms with van der Waals surface area (Å²) in [6.07, 6.45) is 8.36. The highest BCUT2D eigenvalue weighted by Gasteiger charge is 2.40. The fourth-order valence-electron chi connectivity index (χ4n) is 3.81. The van der Waals surface area contributed by atoms with Crippen molar-refractivity contribution < 1.29 is 4.42 Å². The number of hydrogen-bond acceptors (Lipinski definition) is 3. The molecule has 2 saturated carbocycles. The Bertz CT molecular complexity index is 393. The summed E-state index contributed by atoms with van der Waals surface area (Å²) in [6.45, 7) is 0. The van der Waals surface area contributed by atoms with Gasteiger partial charge in [-0.15, -0.1) is 0 Å². The third-order valence-electron chi connectivity index (χ3n) is 4.65. The van der Waals surface area contributed by atoms with Gasteiger partial charge in [0.05, 0.1) is 12.3 Å². The standard InChI is InChI=1S/C13H19ClN2O/c14-13-11(3-4-17-13)12(16-15)7-10-6-8-1-2-9(10)5-8/h3-4,8-10,12,16H,1-2,5-7,15H2. The van der Waals surface area contributed by atoms with Crippen molar-refractivity contribution in [2.24, 2.45) is 23.6 Å². The molecule has 1 aromatic rings. The minimum atomic E-state index is 0.130. The number of fused-ring (bicyclic) bond motifs is 2. The summed E-state index contributed by atoms with van der Waals surface area (Å²) in [6, 6.07) is 2.05. The van der Waals surface area contributed by atoms with E-state index in [1.807, 2.05) is 6.07 Å². The molecule has 4 heteroatoms. The van der Waals surface area contributed by atoms with Crippen molar-refractivity contribution in [3.05, 3.63) is 23.1 Å². The maximum Gasteiger partial charge on any atom is 0.197 e. The van der Waals surface area contributed by atoms with Crippen molar-refractivity contribution in [1.82, 2.24) is 5.43 Å². The second-order valence-electron chi connectivity index (χ2n) is 5.54. The van der Waals surface area contributed by atoms with Gasteiger partial charge in [-0.3, -0.25) is 11.3 Å². The third kappa shape index (κ3) is 2.12. The van der Waals surface area contributed by atoms with E-state index in [1.165, 1.54) is 25.7 Å². The zero-order valence-corrected chi connectivity index (χ0v) is 10.6. The molecule has 0 radical (unpaired) electrons. The number of rotatable bonds is 4. The van der Waals surface area contributed by atoms with Crippen molar-refractivity contribution in [2.75, 3.05) is 0 Å². The van der Waals surface area contributed by atoms with E-state index < -0.39 is 0 Å². The molecule has 17 heavy (non-hydrogen) atoms. The Morgan fingerprint density at radius 3 is 2.88 bits per heavy atom. The van der Waals surface area contributed by atoms with Gasteiger partial charge in [0, 0.05) is 5.56 Å². The Kier molecular flexibility index (Phi) is 3.16. The van der Waals surface area contributed by atoms with Crippen molar-refractivity contribution in [3.63, 3.8) is 0 Å². The lowest BCUT2D eigenvalue weighted by atomic mass is 9.83. The molecule has 2 aliphatic rings. The van der Waals surface area contributed by atoms with Gasteiger partial charge in [0.1, 0.15) is 0 Å². The molecular weight excluding hydrogens is 236 g/mol. The monoisotopic (exact) mass is 254 g/mol. The van der Waals surface area contributed by atoms with E-state index in [1.54, 1.807) is 6.26 Å². The van der Waals surface area contributed by atoms with E-state index in [-0.39, 0.29) is 6.04 Å². The second-order valence-corrected chi connectivity index (χ2v) is 5.88. The van der Waals surface area contributed by atoms with Crippen LogP contribution in [-0.2, 0) is 0 Å². The van der Waals surface area contributed by atoms with Crippen molar-refractivity contribution in [3.8, 4) is 0 Å². The largest absolute Gasteiger partial charge is 0.453 e. The summed E-state index contributed by atoms with van der Waals surface area (Å²) in [5, 5.41) is 0.469. The SMILES string of the molecule is NNC(CC1CC2CCC1C2)c1ccoc1Cl. The van der Waals surface area contributed by atoms with Crippen LogP contribution in [0.4, 0.5) is 0 Å². The van der Waals surface area contributed by atoms with E-state index in [9.17, 15) is 0 Å².